The molecule has 1 aliphatic rings. The lowest BCUT2D eigenvalue weighted by Gasteiger charge is -2.31. The molecule has 0 amide bonds. The largest absolute Gasteiger partial charge is 0.382 e. The summed E-state index contributed by atoms with van der Waals surface area (Å²) < 4.78 is 0. The molecule has 1 heterocycles. The molecule has 0 fully saturated rings. The van der Waals surface area contributed by atoms with E-state index in [0.29, 0.717) is 6.04 Å². The fourth-order valence-electron chi connectivity index (χ4n) is 2.17. The molecule has 2 atom stereocenters. The van der Waals surface area contributed by atoms with E-state index in [0.717, 1.165) is 5.92 Å². The van der Waals surface area contributed by atoms with Crippen LogP contribution in [0.5, 0.6) is 0 Å². The third-order valence-corrected chi connectivity index (χ3v) is 3.03. The Balaban J connectivity index is 2.27. The van der Waals surface area contributed by atoms with Gasteiger partial charge >= 0.3 is 0 Å². The van der Waals surface area contributed by atoms with Gasteiger partial charge in [0.05, 0.1) is 0 Å². The molecule has 0 spiro atoms. The maximum atomic E-state index is 3.60. The predicted octanol–water partition coefficient (Wildman–Crippen LogP) is 3.07. The zero-order chi connectivity index (χ0) is 9.26. The van der Waals surface area contributed by atoms with Gasteiger partial charge in [0.15, 0.2) is 0 Å². The second-order valence-corrected chi connectivity index (χ2v) is 4.00. The molecule has 1 N–H and O–H groups in total. The van der Waals surface area contributed by atoms with Gasteiger partial charge in [-0.2, -0.15) is 0 Å². The van der Waals surface area contributed by atoms with Crippen LogP contribution in [-0.2, 0) is 6.42 Å². The summed E-state index contributed by atoms with van der Waals surface area (Å²) in [6.45, 7) is 4.58. The zero-order valence-electron chi connectivity index (χ0n) is 8.38. The number of rotatable bonds is 1. The van der Waals surface area contributed by atoms with Crippen molar-refractivity contribution in [2.24, 2.45) is 5.92 Å². The topological polar surface area (TPSA) is 12.0 Å². The van der Waals surface area contributed by atoms with Gasteiger partial charge in [-0.25, -0.2) is 0 Å². The molecule has 0 saturated heterocycles. The SMILES string of the molecule is CC[C@H]1Nc2ccccc2C[C@H]1C. The van der Waals surface area contributed by atoms with Crippen LogP contribution >= 0.6 is 0 Å². The summed E-state index contributed by atoms with van der Waals surface area (Å²) >= 11 is 0. The van der Waals surface area contributed by atoms with Gasteiger partial charge in [0.25, 0.3) is 0 Å². The Kier molecular flexibility index (Phi) is 2.26. The quantitative estimate of drug-likeness (QED) is 0.691. The maximum Gasteiger partial charge on any atom is 0.0375 e. The van der Waals surface area contributed by atoms with Crippen molar-refractivity contribution in [2.45, 2.75) is 32.7 Å². The number of para-hydroxylation sites is 1. The molecular weight excluding hydrogens is 158 g/mol. The lowest BCUT2D eigenvalue weighted by molar-refractivity contribution is 0.454. The summed E-state index contributed by atoms with van der Waals surface area (Å²) in [6.07, 6.45) is 2.44. The van der Waals surface area contributed by atoms with Gasteiger partial charge in [0, 0.05) is 11.7 Å². The molecule has 1 aromatic carbocycles. The van der Waals surface area contributed by atoms with Crippen LogP contribution in [0.15, 0.2) is 24.3 Å². The number of anilines is 1. The molecule has 0 unspecified atom stereocenters. The molecule has 70 valence electrons. The van der Waals surface area contributed by atoms with Crippen molar-refractivity contribution in [3.8, 4) is 0 Å². The van der Waals surface area contributed by atoms with Gasteiger partial charge < -0.3 is 5.32 Å². The second kappa shape index (κ2) is 3.41. The fraction of sp³-hybridized carbons (Fsp3) is 0.500. The van der Waals surface area contributed by atoms with E-state index in [-0.39, 0.29) is 0 Å². The first kappa shape index (κ1) is 8.61. The van der Waals surface area contributed by atoms with E-state index >= 15 is 0 Å². The van der Waals surface area contributed by atoms with E-state index in [1.807, 2.05) is 0 Å². The molecule has 13 heavy (non-hydrogen) atoms. The average Bonchev–Trinajstić information content (AvgIpc) is 2.17. The maximum absolute atomic E-state index is 3.60. The molecule has 0 saturated carbocycles. The van der Waals surface area contributed by atoms with Crippen molar-refractivity contribution in [1.82, 2.24) is 0 Å². The lowest BCUT2D eigenvalue weighted by Crippen LogP contribution is -2.32. The van der Waals surface area contributed by atoms with Crippen molar-refractivity contribution in [1.29, 1.82) is 0 Å². The van der Waals surface area contributed by atoms with Gasteiger partial charge in [-0.1, -0.05) is 32.0 Å². The van der Waals surface area contributed by atoms with Crippen molar-refractivity contribution >= 4 is 5.69 Å². The van der Waals surface area contributed by atoms with Crippen molar-refractivity contribution in [3.63, 3.8) is 0 Å². The smallest absolute Gasteiger partial charge is 0.0375 e. The highest BCUT2D eigenvalue weighted by atomic mass is 14.9. The molecule has 1 nitrogen and oxygen atoms in total. The molecule has 2 rings (SSSR count). The van der Waals surface area contributed by atoms with E-state index < -0.39 is 0 Å². The summed E-state index contributed by atoms with van der Waals surface area (Å²) in [4.78, 5) is 0. The molecule has 1 aliphatic heterocycles. The van der Waals surface area contributed by atoms with Crippen LogP contribution < -0.4 is 5.32 Å². The molecule has 0 radical (unpaired) electrons. The number of hydrogen-bond donors (Lipinski definition) is 1. The van der Waals surface area contributed by atoms with Gasteiger partial charge in [-0.05, 0) is 30.4 Å². The fourth-order valence-corrected chi connectivity index (χ4v) is 2.17. The first-order chi connectivity index (χ1) is 6.31. The second-order valence-electron chi connectivity index (χ2n) is 4.00. The van der Waals surface area contributed by atoms with E-state index in [1.54, 1.807) is 0 Å². The highest BCUT2D eigenvalue weighted by Crippen LogP contribution is 2.28. The zero-order valence-corrected chi connectivity index (χ0v) is 8.38. The monoisotopic (exact) mass is 175 g/mol. The molecule has 0 bridgehead atoms. The Morgan fingerprint density at radius 2 is 2.15 bits per heavy atom. The van der Waals surface area contributed by atoms with Crippen LogP contribution in [0.2, 0.25) is 0 Å². The van der Waals surface area contributed by atoms with Crippen LogP contribution in [0, 0.1) is 5.92 Å². The minimum atomic E-state index is 0.662. The average molecular weight is 175 g/mol. The lowest BCUT2D eigenvalue weighted by atomic mass is 9.87. The summed E-state index contributed by atoms with van der Waals surface area (Å²) in [5, 5.41) is 3.60. The Bertz CT molecular complexity index is 293. The number of nitrogens with one attached hydrogen (secondary N) is 1. The minimum Gasteiger partial charge on any atom is -0.382 e. The Morgan fingerprint density at radius 1 is 1.38 bits per heavy atom. The Morgan fingerprint density at radius 3 is 2.92 bits per heavy atom. The van der Waals surface area contributed by atoms with Crippen molar-refractivity contribution < 1.29 is 0 Å². The van der Waals surface area contributed by atoms with Crippen molar-refractivity contribution in [2.75, 3.05) is 5.32 Å². The first-order valence-electron chi connectivity index (χ1n) is 5.15. The summed E-state index contributed by atoms with van der Waals surface area (Å²) in [7, 11) is 0. The van der Waals surface area contributed by atoms with Gasteiger partial charge in [0.2, 0.25) is 0 Å². The number of hydrogen-bond acceptors (Lipinski definition) is 1. The van der Waals surface area contributed by atoms with Gasteiger partial charge in [-0.3, -0.25) is 0 Å². The summed E-state index contributed by atoms with van der Waals surface area (Å²) in [5.74, 6) is 0.764. The highest BCUT2D eigenvalue weighted by Gasteiger charge is 2.22. The van der Waals surface area contributed by atoms with E-state index in [9.17, 15) is 0 Å². The highest BCUT2D eigenvalue weighted by molar-refractivity contribution is 5.54. The van der Waals surface area contributed by atoms with Crippen LogP contribution in [0.25, 0.3) is 0 Å². The standard InChI is InChI=1S/C12H17N/c1-3-11-9(2)8-10-6-4-5-7-12(10)13-11/h4-7,9,11,13H,3,8H2,1-2H3/t9-,11-/m1/s1. The van der Waals surface area contributed by atoms with Crippen molar-refractivity contribution in [3.05, 3.63) is 29.8 Å². The molecule has 1 aromatic rings. The van der Waals surface area contributed by atoms with Gasteiger partial charge in [-0.15, -0.1) is 0 Å². The Labute approximate surface area is 80.2 Å². The number of benzene rings is 1. The minimum absolute atomic E-state index is 0.662. The normalized spacial score (nSPS) is 26.3. The van der Waals surface area contributed by atoms with E-state index in [4.69, 9.17) is 0 Å². The summed E-state index contributed by atoms with van der Waals surface area (Å²) in [5.41, 5.74) is 2.81. The van der Waals surface area contributed by atoms with Crippen LogP contribution in [0.3, 0.4) is 0 Å². The third kappa shape index (κ3) is 1.55. The number of fused-ring (bicyclic) bond motifs is 1. The van der Waals surface area contributed by atoms with Gasteiger partial charge in [0.1, 0.15) is 0 Å². The molecular formula is C12H17N. The van der Waals surface area contributed by atoms with Crippen LogP contribution in [-0.4, -0.2) is 6.04 Å². The predicted molar refractivity (Wildman–Crippen MR) is 57.0 cm³/mol. The van der Waals surface area contributed by atoms with E-state index in [2.05, 4.69) is 43.4 Å². The molecule has 0 aliphatic carbocycles. The Hall–Kier alpha value is -0.980. The molecule has 1 heteroatoms. The molecule has 0 aromatic heterocycles. The first-order valence-corrected chi connectivity index (χ1v) is 5.15. The van der Waals surface area contributed by atoms with Crippen LogP contribution in [0.4, 0.5) is 5.69 Å². The van der Waals surface area contributed by atoms with E-state index in [1.165, 1.54) is 24.1 Å². The van der Waals surface area contributed by atoms with Crippen LogP contribution in [0.1, 0.15) is 25.8 Å². The summed E-state index contributed by atoms with van der Waals surface area (Å²) in [6, 6.07) is 9.30. The third-order valence-electron chi connectivity index (χ3n) is 3.03.